The molecule has 2 aromatic carbocycles. The maximum absolute atomic E-state index is 8.62. The molecule has 0 aromatic heterocycles. The second-order valence-corrected chi connectivity index (χ2v) is 5.66. The molecule has 4 nitrogen and oxygen atoms in total. The van der Waals surface area contributed by atoms with Crippen LogP contribution in [0, 0.1) is 5.92 Å². The van der Waals surface area contributed by atoms with Crippen LogP contribution in [0.2, 0.25) is 0 Å². The van der Waals surface area contributed by atoms with Gasteiger partial charge in [-0.15, -0.1) is 0 Å². The zero-order chi connectivity index (χ0) is 14.7. The Balaban J connectivity index is 1.99. The smallest absolute Gasteiger partial charge is 0.0602 e. The molecule has 0 spiro atoms. The first-order valence-electron chi connectivity index (χ1n) is 7.22. The molecular weight excluding hydrogens is 260 g/mol. The molecule has 1 unspecified atom stereocenters. The number of benzene rings is 2. The number of rotatable bonds is 4. The molecule has 1 aliphatic rings. The van der Waals surface area contributed by atoms with E-state index in [0.29, 0.717) is 5.69 Å². The lowest BCUT2D eigenvalue weighted by molar-refractivity contribution is 0.0796. The van der Waals surface area contributed by atoms with E-state index in [4.69, 9.17) is 5.53 Å². The highest BCUT2D eigenvalue weighted by Gasteiger charge is 2.31. The molecule has 0 amide bonds. The summed E-state index contributed by atoms with van der Waals surface area (Å²) in [7, 11) is 0. The normalized spacial score (nSPS) is 16.8. The highest BCUT2D eigenvalue weighted by Crippen LogP contribution is 2.35. The van der Waals surface area contributed by atoms with Crippen LogP contribution < -0.4 is 0 Å². The second-order valence-electron chi connectivity index (χ2n) is 5.66. The Labute approximate surface area is 124 Å². The van der Waals surface area contributed by atoms with Crippen LogP contribution in [-0.2, 0) is 0 Å². The van der Waals surface area contributed by atoms with E-state index in [0.717, 1.165) is 19.0 Å². The fraction of sp³-hybridized carbons (Fsp3) is 0.294. The maximum Gasteiger partial charge on any atom is 0.0602 e. The number of hydrogen-bond donors (Lipinski definition) is 0. The molecule has 21 heavy (non-hydrogen) atoms. The van der Waals surface area contributed by atoms with Gasteiger partial charge in [-0.25, -0.2) is 0 Å². The van der Waals surface area contributed by atoms with Crippen molar-refractivity contribution >= 4 is 5.69 Å². The summed E-state index contributed by atoms with van der Waals surface area (Å²) >= 11 is 0. The zero-order valence-corrected chi connectivity index (χ0v) is 12.1. The minimum atomic E-state index is 0.233. The predicted octanol–water partition coefficient (Wildman–Crippen LogP) is 4.67. The van der Waals surface area contributed by atoms with Gasteiger partial charge >= 0.3 is 0 Å². The minimum Gasteiger partial charge on any atom is -0.292 e. The van der Waals surface area contributed by atoms with Gasteiger partial charge in [-0.1, -0.05) is 60.6 Å². The van der Waals surface area contributed by atoms with Crippen LogP contribution in [0.25, 0.3) is 10.4 Å². The Kier molecular flexibility index (Phi) is 3.91. The molecule has 0 aliphatic carbocycles. The van der Waals surface area contributed by atoms with Crippen molar-refractivity contribution in [2.45, 2.75) is 13.0 Å². The lowest BCUT2D eigenvalue weighted by atomic mass is 9.91. The van der Waals surface area contributed by atoms with Crippen molar-refractivity contribution in [1.29, 1.82) is 0 Å². The van der Waals surface area contributed by atoms with Gasteiger partial charge in [0, 0.05) is 23.7 Å². The molecule has 1 fully saturated rings. The van der Waals surface area contributed by atoms with E-state index in [2.05, 4.69) is 52.2 Å². The Morgan fingerprint density at radius 2 is 1.81 bits per heavy atom. The first-order chi connectivity index (χ1) is 10.3. The quantitative estimate of drug-likeness (QED) is 0.455. The van der Waals surface area contributed by atoms with E-state index < -0.39 is 0 Å². The van der Waals surface area contributed by atoms with E-state index >= 15 is 0 Å². The first kappa shape index (κ1) is 13.7. The van der Waals surface area contributed by atoms with Crippen molar-refractivity contribution in [3.05, 3.63) is 76.2 Å². The summed E-state index contributed by atoms with van der Waals surface area (Å²) in [5.41, 5.74) is 11.7. The Hall–Kier alpha value is -2.29. The molecule has 1 aliphatic heterocycles. The Morgan fingerprint density at radius 3 is 2.48 bits per heavy atom. The van der Waals surface area contributed by atoms with Gasteiger partial charge in [0.2, 0.25) is 0 Å². The molecule has 2 aromatic rings. The van der Waals surface area contributed by atoms with E-state index in [9.17, 15) is 0 Å². The highest BCUT2D eigenvalue weighted by atomic mass is 15.2. The fourth-order valence-corrected chi connectivity index (χ4v) is 3.02. The summed E-state index contributed by atoms with van der Waals surface area (Å²) in [5, 5.41) is 3.72. The van der Waals surface area contributed by atoms with Gasteiger partial charge in [-0.05, 0) is 28.6 Å². The second kappa shape index (κ2) is 6.00. The summed E-state index contributed by atoms with van der Waals surface area (Å²) < 4.78 is 0. The third-order valence-corrected chi connectivity index (χ3v) is 3.92. The molecule has 106 valence electrons. The van der Waals surface area contributed by atoms with E-state index in [-0.39, 0.29) is 6.04 Å². The lowest BCUT2D eigenvalue weighted by Crippen LogP contribution is -2.47. The number of likely N-dealkylation sites (tertiary alicyclic amines) is 1. The Bertz CT molecular complexity index is 656. The van der Waals surface area contributed by atoms with Gasteiger partial charge in [-0.2, -0.15) is 0 Å². The average molecular weight is 278 g/mol. The van der Waals surface area contributed by atoms with Crippen LogP contribution in [0.4, 0.5) is 5.69 Å². The van der Waals surface area contributed by atoms with Gasteiger partial charge in [0.1, 0.15) is 0 Å². The largest absolute Gasteiger partial charge is 0.292 e. The predicted molar refractivity (Wildman–Crippen MR) is 84.3 cm³/mol. The summed E-state index contributed by atoms with van der Waals surface area (Å²) in [6.07, 6.45) is 0. The van der Waals surface area contributed by atoms with Crippen molar-refractivity contribution < 1.29 is 0 Å². The fourth-order valence-electron chi connectivity index (χ4n) is 3.02. The zero-order valence-electron chi connectivity index (χ0n) is 12.1. The molecule has 3 rings (SSSR count). The van der Waals surface area contributed by atoms with E-state index in [1.54, 1.807) is 0 Å². The third kappa shape index (κ3) is 2.92. The van der Waals surface area contributed by atoms with E-state index in [1.807, 2.05) is 24.3 Å². The van der Waals surface area contributed by atoms with E-state index in [1.165, 1.54) is 11.1 Å². The summed E-state index contributed by atoms with van der Waals surface area (Å²) in [4.78, 5) is 5.35. The van der Waals surface area contributed by atoms with Gasteiger partial charge in [0.15, 0.2) is 0 Å². The van der Waals surface area contributed by atoms with Crippen molar-refractivity contribution in [2.75, 3.05) is 13.1 Å². The molecule has 0 N–H and O–H groups in total. The van der Waals surface area contributed by atoms with Gasteiger partial charge in [0.05, 0.1) is 6.04 Å². The van der Waals surface area contributed by atoms with Crippen molar-refractivity contribution in [1.82, 2.24) is 4.90 Å². The molecule has 4 heteroatoms. The van der Waals surface area contributed by atoms with Crippen LogP contribution in [0.1, 0.15) is 24.1 Å². The number of hydrogen-bond acceptors (Lipinski definition) is 2. The SMILES string of the molecule is CC1CN(C(c2ccccc2)c2cccc(N=[N+]=[N-])c2)C1. The molecule has 0 bridgehead atoms. The van der Waals surface area contributed by atoms with Gasteiger partial charge in [0.25, 0.3) is 0 Å². The lowest BCUT2D eigenvalue weighted by Gasteiger charge is -2.43. The van der Waals surface area contributed by atoms with Crippen LogP contribution in [0.3, 0.4) is 0 Å². The minimum absolute atomic E-state index is 0.233. The summed E-state index contributed by atoms with van der Waals surface area (Å²) in [5.74, 6) is 0.747. The topological polar surface area (TPSA) is 52.0 Å². The highest BCUT2D eigenvalue weighted by molar-refractivity contribution is 5.44. The van der Waals surface area contributed by atoms with Crippen LogP contribution in [0.5, 0.6) is 0 Å². The molecule has 1 atom stereocenters. The van der Waals surface area contributed by atoms with Crippen LogP contribution >= 0.6 is 0 Å². The maximum atomic E-state index is 8.62. The van der Waals surface area contributed by atoms with Crippen molar-refractivity contribution in [3.63, 3.8) is 0 Å². The van der Waals surface area contributed by atoms with Crippen LogP contribution in [0.15, 0.2) is 59.7 Å². The molecule has 1 heterocycles. The number of azide groups is 1. The average Bonchev–Trinajstić information content (AvgIpc) is 2.48. The van der Waals surface area contributed by atoms with Crippen molar-refractivity contribution in [3.8, 4) is 0 Å². The first-order valence-corrected chi connectivity index (χ1v) is 7.22. The number of nitrogens with zero attached hydrogens (tertiary/aromatic N) is 4. The third-order valence-electron chi connectivity index (χ3n) is 3.92. The summed E-state index contributed by atoms with van der Waals surface area (Å²) in [6.45, 7) is 4.48. The monoisotopic (exact) mass is 278 g/mol. The molecule has 1 saturated heterocycles. The molecular formula is C17H18N4. The Morgan fingerprint density at radius 1 is 1.10 bits per heavy atom. The van der Waals surface area contributed by atoms with Gasteiger partial charge in [-0.3, -0.25) is 4.90 Å². The molecule has 0 radical (unpaired) electrons. The standard InChI is InChI=1S/C17H18N4/c1-13-11-21(12-13)17(14-6-3-2-4-7-14)15-8-5-9-16(10-15)19-20-18/h2-10,13,17H,11-12H2,1H3. The summed E-state index contributed by atoms with van der Waals surface area (Å²) in [6, 6.07) is 18.6. The van der Waals surface area contributed by atoms with Crippen LogP contribution in [-0.4, -0.2) is 18.0 Å². The van der Waals surface area contributed by atoms with Gasteiger partial charge < -0.3 is 0 Å². The molecule has 0 saturated carbocycles. The van der Waals surface area contributed by atoms with Crippen molar-refractivity contribution in [2.24, 2.45) is 11.0 Å².